The highest BCUT2D eigenvalue weighted by molar-refractivity contribution is 5.68. The fourth-order valence-corrected chi connectivity index (χ4v) is 2.40. The van der Waals surface area contributed by atoms with E-state index in [0.717, 1.165) is 38.4 Å². The minimum atomic E-state index is 0.885. The van der Waals surface area contributed by atoms with Gasteiger partial charge in [0.1, 0.15) is 0 Å². The van der Waals surface area contributed by atoms with E-state index in [-0.39, 0.29) is 0 Å². The lowest BCUT2D eigenvalue weighted by atomic mass is 10.1. The highest BCUT2D eigenvalue weighted by atomic mass is 15.1. The number of hydrogen-bond donors (Lipinski definition) is 1. The van der Waals surface area contributed by atoms with Crippen molar-refractivity contribution in [1.29, 1.82) is 0 Å². The Balaban J connectivity index is 2.60. The van der Waals surface area contributed by atoms with Gasteiger partial charge in [0.05, 0.1) is 11.4 Å². The van der Waals surface area contributed by atoms with Crippen LogP contribution < -0.4 is 10.6 Å². The molecule has 0 radical (unpaired) electrons. The van der Waals surface area contributed by atoms with Crippen molar-refractivity contribution in [3.63, 3.8) is 0 Å². The summed E-state index contributed by atoms with van der Waals surface area (Å²) < 4.78 is 0. The van der Waals surface area contributed by atoms with Crippen LogP contribution in [0.1, 0.15) is 32.8 Å². The van der Waals surface area contributed by atoms with Crippen molar-refractivity contribution in [2.24, 2.45) is 0 Å². The molecule has 1 aromatic rings. The van der Waals surface area contributed by atoms with E-state index < -0.39 is 0 Å². The van der Waals surface area contributed by atoms with Crippen molar-refractivity contribution >= 4 is 11.4 Å². The Hall–Kier alpha value is -1.22. The predicted octanol–water partition coefficient (Wildman–Crippen LogP) is 3.14. The van der Waals surface area contributed by atoms with Gasteiger partial charge in [0, 0.05) is 13.1 Å². The van der Waals surface area contributed by atoms with E-state index in [9.17, 15) is 0 Å². The molecule has 0 atom stereocenters. The molecule has 0 aliphatic carbocycles. The van der Waals surface area contributed by atoms with E-state index in [1.807, 2.05) is 6.07 Å². The molecule has 1 rings (SSSR count). The summed E-state index contributed by atoms with van der Waals surface area (Å²) in [4.78, 5) is 4.85. The van der Waals surface area contributed by atoms with Crippen molar-refractivity contribution < 1.29 is 0 Å². The topological polar surface area (TPSA) is 32.5 Å². The van der Waals surface area contributed by atoms with Gasteiger partial charge in [-0.3, -0.25) is 0 Å². The molecule has 0 fully saturated rings. The first-order valence-corrected chi connectivity index (χ1v) is 7.45. The minimum absolute atomic E-state index is 0.885. The first-order valence-electron chi connectivity index (χ1n) is 7.45. The summed E-state index contributed by atoms with van der Waals surface area (Å²) in [6, 6.07) is 6.27. The molecule has 0 spiro atoms. The first kappa shape index (κ1) is 15.8. The number of nitrogen functional groups attached to an aromatic ring is 1. The predicted molar refractivity (Wildman–Crippen MR) is 85.9 cm³/mol. The molecule has 19 heavy (non-hydrogen) atoms. The monoisotopic (exact) mass is 263 g/mol. The summed E-state index contributed by atoms with van der Waals surface area (Å²) in [6.07, 6.45) is 1.18. The molecular weight excluding hydrogens is 234 g/mol. The van der Waals surface area contributed by atoms with Gasteiger partial charge in [-0.15, -0.1) is 0 Å². The molecule has 1 aromatic carbocycles. The number of anilines is 2. The number of nitrogens with zero attached hydrogens (tertiary/aromatic N) is 2. The van der Waals surface area contributed by atoms with Crippen LogP contribution in [0.3, 0.4) is 0 Å². The van der Waals surface area contributed by atoms with Crippen molar-refractivity contribution in [3.05, 3.63) is 23.8 Å². The maximum Gasteiger partial charge on any atom is 0.0602 e. The highest BCUT2D eigenvalue weighted by Gasteiger charge is 2.08. The third-order valence-electron chi connectivity index (χ3n) is 3.71. The second-order valence-corrected chi connectivity index (χ2v) is 5.02. The molecule has 0 saturated carbocycles. The van der Waals surface area contributed by atoms with Crippen LogP contribution in [0, 0.1) is 6.92 Å². The Kier molecular flexibility index (Phi) is 6.71. The summed E-state index contributed by atoms with van der Waals surface area (Å²) in [5, 5.41) is 0. The van der Waals surface area contributed by atoms with Gasteiger partial charge < -0.3 is 15.5 Å². The van der Waals surface area contributed by atoms with Crippen LogP contribution >= 0.6 is 0 Å². The molecule has 3 nitrogen and oxygen atoms in total. The maximum atomic E-state index is 6.10. The molecular formula is C16H29N3. The fraction of sp³-hybridized carbons (Fsp3) is 0.625. The lowest BCUT2D eigenvalue weighted by molar-refractivity contribution is 0.301. The normalized spacial score (nSPS) is 11.0. The van der Waals surface area contributed by atoms with Crippen molar-refractivity contribution in [2.75, 3.05) is 43.4 Å². The van der Waals surface area contributed by atoms with Crippen molar-refractivity contribution in [2.45, 2.75) is 34.1 Å². The minimum Gasteiger partial charge on any atom is -0.397 e. The van der Waals surface area contributed by atoms with Crippen LogP contribution in [-0.4, -0.2) is 37.6 Å². The molecule has 108 valence electrons. The fourth-order valence-electron chi connectivity index (χ4n) is 2.40. The third kappa shape index (κ3) is 4.75. The smallest absolute Gasteiger partial charge is 0.0602 e. The second kappa shape index (κ2) is 8.05. The zero-order valence-electron chi connectivity index (χ0n) is 12.9. The van der Waals surface area contributed by atoms with Crippen LogP contribution in [0.2, 0.25) is 0 Å². The first-order chi connectivity index (χ1) is 9.12. The van der Waals surface area contributed by atoms with E-state index in [0.29, 0.717) is 0 Å². The van der Waals surface area contributed by atoms with Gasteiger partial charge in [-0.2, -0.15) is 0 Å². The Bertz CT molecular complexity index is 372. The molecule has 0 aromatic heterocycles. The summed E-state index contributed by atoms with van der Waals surface area (Å²) in [7, 11) is 0. The molecule has 3 heteroatoms. The second-order valence-electron chi connectivity index (χ2n) is 5.02. The Morgan fingerprint density at radius 1 is 1.00 bits per heavy atom. The molecule has 2 N–H and O–H groups in total. The van der Waals surface area contributed by atoms with Crippen LogP contribution in [0.25, 0.3) is 0 Å². The molecule has 0 aliphatic heterocycles. The van der Waals surface area contributed by atoms with Crippen LogP contribution in [-0.2, 0) is 0 Å². The SMILES string of the molecule is CCN(CC)CCCN(CC)c1cc(C)ccc1N. The number of nitrogens with two attached hydrogens (primary N) is 1. The maximum absolute atomic E-state index is 6.10. The summed E-state index contributed by atoms with van der Waals surface area (Å²) in [6.45, 7) is 14.3. The van der Waals surface area contributed by atoms with Crippen LogP contribution in [0.4, 0.5) is 11.4 Å². The summed E-state index contributed by atoms with van der Waals surface area (Å²) in [5.41, 5.74) is 9.43. The lowest BCUT2D eigenvalue weighted by Crippen LogP contribution is -2.30. The van der Waals surface area contributed by atoms with E-state index in [1.165, 1.54) is 17.7 Å². The van der Waals surface area contributed by atoms with Gasteiger partial charge in [-0.25, -0.2) is 0 Å². The summed E-state index contributed by atoms with van der Waals surface area (Å²) >= 11 is 0. The summed E-state index contributed by atoms with van der Waals surface area (Å²) in [5.74, 6) is 0. The van der Waals surface area contributed by atoms with Gasteiger partial charge >= 0.3 is 0 Å². The zero-order chi connectivity index (χ0) is 14.3. The molecule has 0 saturated heterocycles. The van der Waals surface area contributed by atoms with Crippen molar-refractivity contribution in [3.8, 4) is 0 Å². The van der Waals surface area contributed by atoms with Gasteiger partial charge in [0.25, 0.3) is 0 Å². The van der Waals surface area contributed by atoms with Crippen LogP contribution in [0.5, 0.6) is 0 Å². The van der Waals surface area contributed by atoms with Gasteiger partial charge in [0.2, 0.25) is 0 Å². The standard InChI is InChI=1S/C16H29N3/c1-5-18(6-2)11-8-12-19(7-3)16-13-14(4)9-10-15(16)17/h9-10,13H,5-8,11-12,17H2,1-4H3. The number of benzene rings is 1. The Morgan fingerprint density at radius 3 is 2.26 bits per heavy atom. The van der Waals surface area contributed by atoms with Gasteiger partial charge in [-0.1, -0.05) is 19.9 Å². The lowest BCUT2D eigenvalue weighted by Gasteiger charge is -2.26. The molecule has 0 heterocycles. The quantitative estimate of drug-likeness (QED) is 0.731. The number of aryl methyl sites for hydroxylation is 1. The molecule has 0 bridgehead atoms. The Morgan fingerprint density at radius 2 is 1.68 bits per heavy atom. The molecule has 0 unspecified atom stereocenters. The van der Waals surface area contributed by atoms with E-state index in [2.05, 4.69) is 49.6 Å². The van der Waals surface area contributed by atoms with E-state index in [4.69, 9.17) is 5.73 Å². The molecule has 0 amide bonds. The number of hydrogen-bond acceptors (Lipinski definition) is 3. The van der Waals surface area contributed by atoms with Gasteiger partial charge in [0.15, 0.2) is 0 Å². The zero-order valence-corrected chi connectivity index (χ0v) is 12.9. The average molecular weight is 263 g/mol. The molecule has 0 aliphatic rings. The Labute approximate surface area is 118 Å². The number of rotatable bonds is 8. The van der Waals surface area contributed by atoms with E-state index >= 15 is 0 Å². The highest BCUT2D eigenvalue weighted by Crippen LogP contribution is 2.24. The van der Waals surface area contributed by atoms with Crippen LogP contribution in [0.15, 0.2) is 18.2 Å². The van der Waals surface area contributed by atoms with Crippen molar-refractivity contribution in [1.82, 2.24) is 4.90 Å². The van der Waals surface area contributed by atoms with Gasteiger partial charge in [-0.05, 0) is 57.6 Å². The average Bonchev–Trinajstić information content (AvgIpc) is 2.42. The third-order valence-corrected chi connectivity index (χ3v) is 3.71. The van der Waals surface area contributed by atoms with E-state index in [1.54, 1.807) is 0 Å². The largest absolute Gasteiger partial charge is 0.397 e.